The molecule has 0 saturated heterocycles. The minimum atomic E-state index is -1.72. The number of hydrogen-bond donors (Lipinski definition) is 5. The van der Waals surface area contributed by atoms with Crippen LogP contribution in [-0.2, 0) is 0 Å². The molecule has 0 aliphatic heterocycles. The number of ether oxygens (including phenoxy) is 1. The largest absolute Gasteiger partial charge is 0.477 e. The highest BCUT2D eigenvalue weighted by atomic mass is 16.5. The van der Waals surface area contributed by atoms with E-state index < -0.39 is 17.4 Å². The highest BCUT2D eigenvalue weighted by Gasteiger charge is 2.78. The third kappa shape index (κ3) is 3.84. The van der Waals surface area contributed by atoms with Crippen molar-refractivity contribution >= 4 is 22.7 Å². The molecule has 0 aromatic carbocycles. The van der Waals surface area contributed by atoms with Crippen molar-refractivity contribution in [3.05, 3.63) is 23.5 Å². The van der Waals surface area contributed by atoms with Crippen LogP contribution in [0, 0.1) is 31.6 Å². The normalized spacial score (nSPS) is 30.2. The fourth-order valence-corrected chi connectivity index (χ4v) is 6.11. The number of fused-ring (bicyclic) bond motifs is 2. The van der Waals surface area contributed by atoms with Crippen molar-refractivity contribution in [2.24, 2.45) is 17.8 Å². The average molecular weight is 522 g/mol. The van der Waals surface area contributed by atoms with Gasteiger partial charge in [0.05, 0.1) is 29.7 Å². The summed E-state index contributed by atoms with van der Waals surface area (Å²) in [4.78, 5) is 14.0. The number of rotatable bonds is 9. The first kappa shape index (κ1) is 24.1. The number of nitrogens with one attached hydrogen (secondary N) is 2. The number of aryl methyl sites for hydroxylation is 2. The Morgan fingerprint density at radius 1 is 1.03 bits per heavy atom. The molecule has 7 rings (SSSR count). The Bertz CT molecular complexity index is 1400. The standard InChI is InChI=1S/C28H35N5O5/c1-14-22(20-10-18-11-21(30-15(2)23(18)38-20)37-13-17-4-3-5-17)25(32-26(31-14)29-12-16-6-7-16)33-27(35)9-8-19-24(34)28(19,27)36/h10-11,16-17,19,24,34-36H,3-9,12-13H2,1-2H3,(H2,29,31,32,33). The van der Waals surface area contributed by atoms with E-state index in [0.717, 1.165) is 17.6 Å². The summed E-state index contributed by atoms with van der Waals surface area (Å²) in [5, 5.41) is 40.0. The van der Waals surface area contributed by atoms with E-state index in [9.17, 15) is 15.3 Å². The van der Waals surface area contributed by atoms with Gasteiger partial charge in [0.2, 0.25) is 11.8 Å². The van der Waals surface area contributed by atoms with Crippen molar-refractivity contribution < 1.29 is 24.5 Å². The van der Waals surface area contributed by atoms with E-state index >= 15 is 0 Å². The zero-order valence-corrected chi connectivity index (χ0v) is 21.8. The average Bonchev–Trinajstić information content (AvgIpc) is 3.67. The van der Waals surface area contributed by atoms with Gasteiger partial charge in [-0.15, -0.1) is 0 Å². The van der Waals surface area contributed by atoms with Crippen LogP contribution >= 0.6 is 0 Å². The second-order valence-electron chi connectivity index (χ2n) is 11.8. The lowest BCUT2D eigenvalue weighted by molar-refractivity contribution is -0.0851. The third-order valence-corrected chi connectivity index (χ3v) is 9.01. The number of hydrogen-bond acceptors (Lipinski definition) is 10. The third-order valence-electron chi connectivity index (χ3n) is 9.01. The van der Waals surface area contributed by atoms with E-state index in [-0.39, 0.29) is 5.92 Å². The maximum Gasteiger partial charge on any atom is 0.224 e. The fourth-order valence-electron chi connectivity index (χ4n) is 6.11. The molecule has 10 nitrogen and oxygen atoms in total. The Hall–Kier alpha value is -2.95. The Morgan fingerprint density at radius 3 is 2.53 bits per heavy atom. The summed E-state index contributed by atoms with van der Waals surface area (Å²) in [5.74, 6) is 2.78. The number of aliphatic hydroxyl groups is 3. The van der Waals surface area contributed by atoms with E-state index in [0.29, 0.717) is 71.5 Å². The molecule has 3 heterocycles. The van der Waals surface area contributed by atoms with Crippen molar-refractivity contribution in [2.45, 2.75) is 76.2 Å². The molecule has 3 aromatic heterocycles. The van der Waals surface area contributed by atoms with E-state index in [2.05, 4.69) is 20.6 Å². The first-order valence-corrected chi connectivity index (χ1v) is 13.8. The molecule has 0 amide bonds. The van der Waals surface area contributed by atoms with E-state index in [1.807, 2.05) is 26.0 Å². The molecule has 0 spiro atoms. The predicted octanol–water partition coefficient (Wildman–Crippen LogP) is 3.52. The van der Waals surface area contributed by atoms with Crippen molar-refractivity contribution in [1.82, 2.24) is 15.0 Å². The smallest absolute Gasteiger partial charge is 0.224 e. The number of anilines is 2. The first-order chi connectivity index (χ1) is 18.2. The van der Waals surface area contributed by atoms with Crippen molar-refractivity contribution in [3.8, 4) is 17.2 Å². The van der Waals surface area contributed by atoms with Crippen LogP contribution in [0.3, 0.4) is 0 Å². The number of aromatic nitrogens is 3. The fraction of sp³-hybridized carbons (Fsp3) is 0.607. The monoisotopic (exact) mass is 521 g/mol. The summed E-state index contributed by atoms with van der Waals surface area (Å²) in [6, 6.07) is 3.80. The Morgan fingerprint density at radius 2 is 1.84 bits per heavy atom. The molecule has 4 aliphatic carbocycles. The topological polar surface area (TPSA) is 146 Å². The summed E-state index contributed by atoms with van der Waals surface area (Å²) in [6.45, 7) is 5.22. The van der Waals surface area contributed by atoms with Gasteiger partial charge >= 0.3 is 0 Å². The van der Waals surface area contributed by atoms with Crippen LogP contribution in [0.5, 0.6) is 5.88 Å². The van der Waals surface area contributed by atoms with Gasteiger partial charge < -0.3 is 35.1 Å². The van der Waals surface area contributed by atoms with E-state index in [1.165, 1.54) is 32.1 Å². The van der Waals surface area contributed by atoms with Gasteiger partial charge in [0.25, 0.3) is 0 Å². The predicted molar refractivity (Wildman–Crippen MR) is 141 cm³/mol. The Kier molecular flexibility index (Phi) is 5.41. The molecule has 202 valence electrons. The van der Waals surface area contributed by atoms with Crippen LogP contribution in [-0.4, -0.2) is 60.9 Å². The maximum absolute atomic E-state index is 11.5. The summed E-state index contributed by atoms with van der Waals surface area (Å²) in [7, 11) is 0. The zero-order valence-electron chi connectivity index (χ0n) is 21.8. The van der Waals surface area contributed by atoms with Crippen LogP contribution in [0.2, 0.25) is 0 Å². The molecule has 4 aliphatic rings. The highest BCUT2D eigenvalue weighted by molar-refractivity contribution is 5.88. The molecule has 10 heteroatoms. The van der Waals surface area contributed by atoms with Crippen LogP contribution in [0.4, 0.5) is 11.8 Å². The van der Waals surface area contributed by atoms with Gasteiger partial charge in [0.1, 0.15) is 17.2 Å². The number of nitrogens with zero attached hydrogens (tertiary/aromatic N) is 3. The van der Waals surface area contributed by atoms with Gasteiger partial charge in [-0.2, -0.15) is 4.98 Å². The lowest BCUT2D eigenvalue weighted by atomic mass is 9.86. The molecule has 4 atom stereocenters. The lowest BCUT2D eigenvalue weighted by Gasteiger charge is -2.32. The lowest BCUT2D eigenvalue weighted by Crippen LogP contribution is -2.51. The highest BCUT2D eigenvalue weighted by Crippen LogP contribution is 2.61. The summed E-state index contributed by atoms with van der Waals surface area (Å²) >= 11 is 0. The SMILES string of the molecule is Cc1nc(NCC2CC2)nc(NC2(O)CCC3C(O)C32O)c1-c1cc2cc(OCC3CCC3)nc(C)c2o1. The molecule has 38 heavy (non-hydrogen) atoms. The molecule has 4 unspecified atom stereocenters. The van der Waals surface area contributed by atoms with Crippen LogP contribution in [0.25, 0.3) is 22.3 Å². The number of pyridine rings is 1. The Labute approximate surface area is 220 Å². The van der Waals surface area contributed by atoms with E-state index in [4.69, 9.17) is 14.1 Å². The summed E-state index contributed by atoms with van der Waals surface area (Å²) in [5.41, 5.74) is -0.703. The molecular formula is C28H35N5O5. The molecular weight excluding hydrogens is 486 g/mol. The van der Waals surface area contributed by atoms with Crippen LogP contribution in [0.15, 0.2) is 16.5 Å². The van der Waals surface area contributed by atoms with E-state index in [1.54, 1.807) is 0 Å². The van der Waals surface area contributed by atoms with Gasteiger partial charge in [-0.3, -0.25) is 0 Å². The quantitative estimate of drug-likeness (QED) is 0.265. The first-order valence-electron chi connectivity index (χ1n) is 13.8. The van der Waals surface area contributed by atoms with Crippen molar-refractivity contribution in [1.29, 1.82) is 0 Å². The molecule has 5 N–H and O–H groups in total. The summed E-state index contributed by atoms with van der Waals surface area (Å²) < 4.78 is 12.3. The molecule has 4 saturated carbocycles. The van der Waals surface area contributed by atoms with Gasteiger partial charge in [-0.1, -0.05) is 6.42 Å². The van der Waals surface area contributed by atoms with Gasteiger partial charge in [0, 0.05) is 23.9 Å². The Balaban J connectivity index is 1.25. The second-order valence-corrected chi connectivity index (χ2v) is 11.8. The molecule has 0 radical (unpaired) electrons. The second kappa shape index (κ2) is 8.53. The minimum Gasteiger partial charge on any atom is -0.477 e. The van der Waals surface area contributed by atoms with Crippen LogP contribution < -0.4 is 15.4 Å². The number of furan rings is 1. The summed E-state index contributed by atoms with van der Waals surface area (Å²) in [6.07, 6.45) is 5.92. The van der Waals surface area contributed by atoms with Gasteiger partial charge in [0.15, 0.2) is 11.3 Å². The van der Waals surface area contributed by atoms with Crippen molar-refractivity contribution in [3.63, 3.8) is 0 Å². The molecule has 0 bridgehead atoms. The van der Waals surface area contributed by atoms with Gasteiger partial charge in [-0.05, 0) is 70.3 Å². The zero-order chi connectivity index (χ0) is 26.2. The molecule has 3 aromatic rings. The molecule has 4 fully saturated rings. The van der Waals surface area contributed by atoms with Crippen LogP contribution in [0.1, 0.15) is 56.3 Å². The number of aliphatic hydroxyl groups excluding tert-OH is 1. The van der Waals surface area contributed by atoms with Gasteiger partial charge in [-0.25, -0.2) is 9.97 Å². The minimum absolute atomic E-state index is 0.295. The maximum atomic E-state index is 11.5. The van der Waals surface area contributed by atoms with Crippen molar-refractivity contribution in [2.75, 3.05) is 23.8 Å².